The third-order valence-corrected chi connectivity index (χ3v) is 2.33. The van der Waals surface area contributed by atoms with Crippen molar-refractivity contribution in [3.63, 3.8) is 0 Å². The zero-order valence-corrected chi connectivity index (χ0v) is 11.0. The predicted molar refractivity (Wildman–Crippen MR) is 66.7 cm³/mol. The normalized spacial score (nSPS) is 12.6. The van der Waals surface area contributed by atoms with Crippen molar-refractivity contribution >= 4 is 5.91 Å². The summed E-state index contributed by atoms with van der Waals surface area (Å²) in [6.45, 7) is 6.30. The number of amides is 1. The van der Waals surface area contributed by atoms with Gasteiger partial charge in [0.1, 0.15) is 0 Å². The predicted octanol–water partition coefficient (Wildman–Crippen LogP) is 2.94. The molecule has 0 rings (SSSR count). The van der Waals surface area contributed by atoms with Gasteiger partial charge in [0.25, 0.3) is 5.91 Å². The van der Waals surface area contributed by atoms with Crippen LogP contribution in [-0.4, -0.2) is 25.1 Å². The molecule has 0 saturated carbocycles. The molecule has 0 radical (unpaired) electrons. The molecule has 0 saturated heterocycles. The molecule has 16 heavy (non-hydrogen) atoms. The third-order valence-electron chi connectivity index (χ3n) is 2.33. The molecular weight excluding hydrogens is 202 g/mol. The summed E-state index contributed by atoms with van der Waals surface area (Å²) in [5, 5.41) is 1.21. The highest BCUT2D eigenvalue weighted by Crippen LogP contribution is 2.09. The fraction of sp³-hybridized carbons (Fsp3) is 0.615. The first kappa shape index (κ1) is 14.9. The summed E-state index contributed by atoms with van der Waals surface area (Å²) in [6.07, 6.45) is 7.83. The number of carbonyl (C=O) groups is 1. The summed E-state index contributed by atoms with van der Waals surface area (Å²) in [6, 6.07) is 0. The van der Waals surface area contributed by atoms with Gasteiger partial charge in [-0.15, -0.1) is 0 Å². The maximum Gasteiger partial charge on any atom is 0.269 e. The largest absolute Gasteiger partial charge is 0.274 e. The molecule has 0 unspecified atom stereocenters. The number of hydroxylamine groups is 2. The number of carbonyl (C=O) groups excluding carboxylic acids is 1. The summed E-state index contributed by atoms with van der Waals surface area (Å²) in [5.41, 5.74) is 1.34. The van der Waals surface area contributed by atoms with Crippen LogP contribution in [0.2, 0.25) is 0 Å². The van der Waals surface area contributed by atoms with Gasteiger partial charge in [-0.1, -0.05) is 24.6 Å². The second kappa shape index (κ2) is 8.11. The zero-order valence-electron chi connectivity index (χ0n) is 11.0. The van der Waals surface area contributed by atoms with Crippen molar-refractivity contribution < 1.29 is 9.63 Å². The van der Waals surface area contributed by atoms with Gasteiger partial charge in [0, 0.05) is 13.1 Å². The maximum absolute atomic E-state index is 11.4. The first-order chi connectivity index (χ1) is 7.47. The van der Waals surface area contributed by atoms with E-state index in [1.165, 1.54) is 17.7 Å². The van der Waals surface area contributed by atoms with Crippen molar-refractivity contribution in [2.24, 2.45) is 5.92 Å². The summed E-state index contributed by atoms with van der Waals surface area (Å²) >= 11 is 0. The second-order valence-corrected chi connectivity index (χ2v) is 4.21. The van der Waals surface area contributed by atoms with Gasteiger partial charge in [0.15, 0.2) is 0 Å². The van der Waals surface area contributed by atoms with Crippen molar-refractivity contribution in [3.8, 4) is 0 Å². The van der Waals surface area contributed by atoms with Crippen molar-refractivity contribution in [3.05, 3.63) is 23.8 Å². The lowest BCUT2D eigenvalue weighted by molar-refractivity contribution is -0.162. The molecule has 1 atom stereocenters. The Morgan fingerprint density at radius 2 is 2.06 bits per heavy atom. The molecule has 0 N–H and O–H groups in total. The van der Waals surface area contributed by atoms with E-state index in [1.54, 1.807) is 13.1 Å². The average Bonchev–Trinajstić information content (AvgIpc) is 2.24. The smallest absolute Gasteiger partial charge is 0.269 e. The van der Waals surface area contributed by atoms with E-state index in [0.717, 1.165) is 12.8 Å². The SMILES string of the molecule is CON(C)C(=O)/C=C/[C@@H](C)CCC=C(C)C. The Kier molecular flexibility index (Phi) is 7.56. The van der Waals surface area contributed by atoms with Crippen LogP contribution in [0, 0.1) is 5.92 Å². The summed E-state index contributed by atoms with van der Waals surface area (Å²) in [7, 11) is 3.07. The molecule has 0 aromatic rings. The van der Waals surface area contributed by atoms with Crippen LogP contribution < -0.4 is 0 Å². The van der Waals surface area contributed by atoms with Crippen LogP contribution in [0.15, 0.2) is 23.8 Å². The van der Waals surface area contributed by atoms with E-state index in [0.29, 0.717) is 5.92 Å². The Morgan fingerprint density at radius 1 is 1.44 bits per heavy atom. The van der Waals surface area contributed by atoms with Gasteiger partial charge in [0.2, 0.25) is 0 Å². The lowest BCUT2D eigenvalue weighted by Crippen LogP contribution is -2.23. The topological polar surface area (TPSA) is 29.5 Å². The minimum Gasteiger partial charge on any atom is -0.274 e. The number of nitrogens with zero attached hydrogens (tertiary/aromatic N) is 1. The molecule has 0 aliphatic heterocycles. The van der Waals surface area contributed by atoms with E-state index >= 15 is 0 Å². The minimum absolute atomic E-state index is 0.128. The summed E-state index contributed by atoms with van der Waals surface area (Å²) in [5.74, 6) is 0.279. The van der Waals surface area contributed by atoms with Crippen molar-refractivity contribution in [2.75, 3.05) is 14.2 Å². The zero-order chi connectivity index (χ0) is 12.6. The van der Waals surface area contributed by atoms with Gasteiger partial charge in [-0.25, -0.2) is 5.06 Å². The number of likely N-dealkylation sites (N-methyl/N-ethyl adjacent to an activating group) is 1. The molecule has 3 heteroatoms. The van der Waals surface area contributed by atoms with Gasteiger partial charge in [-0.2, -0.15) is 0 Å². The Balaban J connectivity index is 3.95. The van der Waals surface area contributed by atoms with E-state index in [4.69, 9.17) is 4.84 Å². The first-order valence-corrected chi connectivity index (χ1v) is 5.60. The van der Waals surface area contributed by atoms with Crippen LogP contribution in [0.25, 0.3) is 0 Å². The van der Waals surface area contributed by atoms with Gasteiger partial charge in [-0.05, 0) is 32.6 Å². The van der Waals surface area contributed by atoms with E-state index in [9.17, 15) is 4.79 Å². The fourth-order valence-corrected chi connectivity index (χ4v) is 1.17. The monoisotopic (exact) mass is 225 g/mol. The summed E-state index contributed by atoms with van der Waals surface area (Å²) < 4.78 is 0. The molecular formula is C13H23NO2. The molecule has 0 heterocycles. The van der Waals surface area contributed by atoms with Crippen LogP contribution in [0.4, 0.5) is 0 Å². The highest BCUT2D eigenvalue weighted by molar-refractivity contribution is 5.86. The standard InChI is InChI=1S/C13H23NO2/c1-11(2)7-6-8-12(3)9-10-13(15)14(4)16-5/h7,9-10,12H,6,8H2,1-5H3/b10-9+/t12-/m0/s1. The fourth-order valence-electron chi connectivity index (χ4n) is 1.17. The van der Waals surface area contributed by atoms with E-state index in [2.05, 4.69) is 26.8 Å². The molecule has 92 valence electrons. The molecule has 3 nitrogen and oxygen atoms in total. The Labute approximate surface area is 98.7 Å². The first-order valence-electron chi connectivity index (χ1n) is 5.60. The van der Waals surface area contributed by atoms with Crippen LogP contribution in [0.5, 0.6) is 0 Å². The van der Waals surface area contributed by atoms with Crippen LogP contribution >= 0.6 is 0 Å². The van der Waals surface area contributed by atoms with Crippen LogP contribution in [0.1, 0.15) is 33.6 Å². The molecule has 0 aromatic carbocycles. The van der Waals surface area contributed by atoms with Crippen LogP contribution in [-0.2, 0) is 9.63 Å². The average molecular weight is 225 g/mol. The molecule has 0 aromatic heterocycles. The van der Waals surface area contributed by atoms with Crippen molar-refractivity contribution in [1.29, 1.82) is 0 Å². The van der Waals surface area contributed by atoms with Gasteiger partial charge < -0.3 is 0 Å². The molecule has 0 bridgehead atoms. The van der Waals surface area contributed by atoms with E-state index in [1.807, 2.05) is 6.08 Å². The van der Waals surface area contributed by atoms with Crippen LogP contribution in [0.3, 0.4) is 0 Å². The Hall–Kier alpha value is -1.09. The highest BCUT2D eigenvalue weighted by Gasteiger charge is 2.03. The van der Waals surface area contributed by atoms with Crippen molar-refractivity contribution in [2.45, 2.75) is 33.6 Å². The number of rotatable bonds is 6. The number of hydrogen-bond donors (Lipinski definition) is 0. The second-order valence-electron chi connectivity index (χ2n) is 4.21. The van der Waals surface area contributed by atoms with E-state index < -0.39 is 0 Å². The maximum atomic E-state index is 11.4. The molecule has 0 aliphatic carbocycles. The number of allylic oxidation sites excluding steroid dienone is 3. The lowest BCUT2D eigenvalue weighted by Gasteiger charge is -2.11. The van der Waals surface area contributed by atoms with Gasteiger partial charge in [-0.3, -0.25) is 9.63 Å². The van der Waals surface area contributed by atoms with E-state index in [-0.39, 0.29) is 5.91 Å². The highest BCUT2D eigenvalue weighted by atomic mass is 16.7. The molecule has 0 aliphatic rings. The molecule has 1 amide bonds. The Bertz CT molecular complexity index is 265. The van der Waals surface area contributed by atoms with Gasteiger partial charge >= 0.3 is 0 Å². The number of hydrogen-bond acceptors (Lipinski definition) is 2. The Morgan fingerprint density at radius 3 is 2.56 bits per heavy atom. The van der Waals surface area contributed by atoms with Gasteiger partial charge in [0.05, 0.1) is 7.11 Å². The quantitative estimate of drug-likeness (QED) is 0.395. The van der Waals surface area contributed by atoms with Crippen molar-refractivity contribution in [1.82, 2.24) is 5.06 Å². The lowest BCUT2D eigenvalue weighted by atomic mass is 10.0. The molecule has 0 spiro atoms. The minimum atomic E-state index is -0.128. The third kappa shape index (κ3) is 7.23. The molecule has 0 fully saturated rings. The summed E-state index contributed by atoms with van der Waals surface area (Å²) in [4.78, 5) is 16.1.